The summed E-state index contributed by atoms with van der Waals surface area (Å²) in [4.78, 5) is 12.3. The maximum atomic E-state index is 12.3. The highest BCUT2D eigenvalue weighted by Gasteiger charge is 2.11. The number of methoxy groups -OCH3 is 1. The van der Waals surface area contributed by atoms with Gasteiger partial charge in [0.2, 0.25) is 0 Å². The van der Waals surface area contributed by atoms with Crippen LogP contribution >= 0.6 is 11.6 Å². The van der Waals surface area contributed by atoms with E-state index >= 15 is 0 Å². The van der Waals surface area contributed by atoms with E-state index in [2.05, 4.69) is 0 Å². The molecule has 0 aliphatic carbocycles. The van der Waals surface area contributed by atoms with E-state index in [4.69, 9.17) is 21.4 Å². The SMILES string of the molecule is COc1ccc(C(=O)CC[C@@H](O)CO)cc1/C=C/c1ccc(Cl)cc1. The third-order valence-corrected chi connectivity index (χ3v) is 4.04. The molecule has 0 heterocycles. The van der Waals surface area contributed by atoms with Gasteiger partial charge in [-0.3, -0.25) is 4.79 Å². The fourth-order valence-corrected chi connectivity index (χ4v) is 2.46. The van der Waals surface area contributed by atoms with Crippen LogP contribution in [0.1, 0.15) is 34.3 Å². The molecule has 0 bridgehead atoms. The number of benzene rings is 2. The first-order valence-electron chi connectivity index (χ1n) is 7.97. The molecule has 5 heteroatoms. The number of ether oxygens (including phenoxy) is 1. The maximum Gasteiger partial charge on any atom is 0.162 e. The molecule has 0 radical (unpaired) electrons. The van der Waals surface area contributed by atoms with E-state index in [1.165, 1.54) is 0 Å². The van der Waals surface area contributed by atoms with Crippen LogP contribution < -0.4 is 4.74 Å². The minimum atomic E-state index is -0.869. The lowest BCUT2D eigenvalue weighted by atomic mass is 10.0. The Labute approximate surface area is 152 Å². The number of Topliss-reactive ketones (excluding diaryl/α,β-unsaturated/α-hetero) is 1. The van der Waals surface area contributed by atoms with Gasteiger partial charge in [-0.15, -0.1) is 0 Å². The van der Waals surface area contributed by atoms with E-state index < -0.39 is 6.10 Å². The van der Waals surface area contributed by atoms with E-state index in [1.54, 1.807) is 25.3 Å². The Hall–Kier alpha value is -2.14. The molecule has 0 aromatic heterocycles. The molecular formula is C20H21ClO4. The van der Waals surface area contributed by atoms with Crippen molar-refractivity contribution >= 4 is 29.5 Å². The monoisotopic (exact) mass is 360 g/mol. The fraction of sp³-hybridized carbons (Fsp3) is 0.250. The highest BCUT2D eigenvalue weighted by Crippen LogP contribution is 2.24. The average molecular weight is 361 g/mol. The Morgan fingerprint density at radius 2 is 1.92 bits per heavy atom. The minimum absolute atomic E-state index is 0.0868. The molecular weight excluding hydrogens is 340 g/mol. The summed E-state index contributed by atoms with van der Waals surface area (Å²) in [6.07, 6.45) is 3.33. The van der Waals surface area contributed by atoms with Crippen molar-refractivity contribution < 1.29 is 19.7 Å². The third-order valence-electron chi connectivity index (χ3n) is 3.79. The summed E-state index contributed by atoms with van der Waals surface area (Å²) in [7, 11) is 1.58. The first-order valence-corrected chi connectivity index (χ1v) is 8.35. The molecule has 2 aromatic rings. The molecule has 0 saturated carbocycles. The van der Waals surface area contributed by atoms with Gasteiger partial charge in [0.25, 0.3) is 0 Å². The summed E-state index contributed by atoms with van der Waals surface area (Å²) in [6.45, 7) is -0.342. The largest absolute Gasteiger partial charge is 0.496 e. The van der Waals surface area contributed by atoms with Crippen molar-refractivity contribution in [1.82, 2.24) is 0 Å². The molecule has 25 heavy (non-hydrogen) atoms. The number of hydrogen-bond acceptors (Lipinski definition) is 4. The fourth-order valence-electron chi connectivity index (χ4n) is 2.33. The van der Waals surface area contributed by atoms with Crippen molar-refractivity contribution in [2.24, 2.45) is 0 Å². The summed E-state index contributed by atoms with van der Waals surface area (Å²) in [6, 6.07) is 12.6. The van der Waals surface area contributed by atoms with Crippen LogP contribution in [0.2, 0.25) is 5.02 Å². The minimum Gasteiger partial charge on any atom is -0.496 e. The van der Waals surface area contributed by atoms with Crippen molar-refractivity contribution in [3.63, 3.8) is 0 Å². The second kappa shape index (κ2) is 9.37. The van der Waals surface area contributed by atoms with Crippen LogP contribution in [-0.4, -0.2) is 35.8 Å². The topological polar surface area (TPSA) is 66.8 Å². The normalized spacial score (nSPS) is 12.3. The van der Waals surface area contributed by atoms with Crippen LogP contribution in [0.3, 0.4) is 0 Å². The molecule has 0 aliphatic heterocycles. The lowest BCUT2D eigenvalue weighted by molar-refractivity contribution is 0.0779. The van der Waals surface area contributed by atoms with Gasteiger partial charge >= 0.3 is 0 Å². The average Bonchev–Trinajstić information content (AvgIpc) is 2.65. The second-order valence-electron chi connectivity index (χ2n) is 5.64. The molecule has 2 aromatic carbocycles. The van der Waals surface area contributed by atoms with Gasteiger partial charge in [-0.05, 0) is 42.3 Å². The van der Waals surface area contributed by atoms with Gasteiger partial charge in [-0.2, -0.15) is 0 Å². The summed E-state index contributed by atoms with van der Waals surface area (Å²) in [5, 5.41) is 18.9. The van der Waals surface area contributed by atoms with E-state index in [1.807, 2.05) is 36.4 Å². The van der Waals surface area contributed by atoms with Gasteiger partial charge in [0, 0.05) is 22.6 Å². The standard InChI is InChI=1S/C20H21ClO4/c1-25-20-11-6-15(19(24)10-9-18(23)13-22)12-16(20)5-2-14-3-7-17(21)8-4-14/h2-8,11-12,18,22-23H,9-10,13H2,1H3/b5-2+/t18-/m1/s1. The van der Waals surface area contributed by atoms with Crippen molar-refractivity contribution in [2.45, 2.75) is 18.9 Å². The Kier molecular flexibility index (Phi) is 7.19. The van der Waals surface area contributed by atoms with Crippen molar-refractivity contribution in [3.05, 3.63) is 64.2 Å². The number of aliphatic hydroxyl groups is 2. The summed E-state index contributed by atoms with van der Waals surface area (Å²) in [5.74, 6) is 0.577. The molecule has 4 nitrogen and oxygen atoms in total. The molecule has 0 fully saturated rings. The lowest BCUT2D eigenvalue weighted by Gasteiger charge is -2.09. The van der Waals surface area contributed by atoms with Gasteiger partial charge < -0.3 is 14.9 Å². The highest BCUT2D eigenvalue weighted by molar-refractivity contribution is 6.30. The number of aliphatic hydroxyl groups excluding tert-OH is 2. The van der Waals surface area contributed by atoms with Crippen LogP contribution in [0.15, 0.2) is 42.5 Å². The van der Waals surface area contributed by atoms with Gasteiger partial charge in [0.1, 0.15) is 5.75 Å². The number of rotatable bonds is 8. The molecule has 0 amide bonds. The molecule has 0 saturated heterocycles. The summed E-state index contributed by atoms with van der Waals surface area (Å²) < 4.78 is 5.35. The number of carbonyl (C=O) groups is 1. The van der Waals surface area contributed by atoms with Crippen molar-refractivity contribution in [1.29, 1.82) is 0 Å². The van der Waals surface area contributed by atoms with Crippen molar-refractivity contribution in [3.8, 4) is 5.75 Å². The number of carbonyl (C=O) groups excluding carboxylic acids is 1. The highest BCUT2D eigenvalue weighted by atomic mass is 35.5. The van der Waals surface area contributed by atoms with E-state index in [9.17, 15) is 9.90 Å². The predicted octanol–water partition coefficient (Wildman–Crippen LogP) is 3.84. The quantitative estimate of drug-likeness (QED) is 0.554. The molecule has 0 unspecified atom stereocenters. The zero-order valence-electron chi connectivity index (χ0n) is 14.0. The Bertz CT molecular complexity index is 738. The van der Waals surface area contributed by atoms with E-state index in [0.717, 1.165) is 11.1 Å². The Balaban J connectivity index is 2.18. The van der Waals surface area contributed by atoms with Crippen LogP contribution in [0.5, 0.6) is 5.75 Å². The van der Waals surface area contributed by atoms with Crippen LogP contribution in [0.25, 0.3) is 12.2 Å². The molecule has 0 aliphatic rings. The van der Waals surface area contributed by atoms with E-state index in [-0.39, 0.29) is 25.2 Å². The van der Waals surface area contributed by atoms with E-state index in [0.29, 0.717) is 16.3 Å². The number of ketones is 1. The van der Waals surface area contributed by atoms with Crippen molar-refractivity contribution in [2.75, 3.05) is 13.7 Å². The van der Waals surface area contributed by atoms with Crippen LogP contribution in [-0.2, 0) is 0 Å². The second-order valence-corrected chi connectivity index (χ2v) is 6.08. The molecule has 0 spiro atoms. The summed E-state index contributed by atoms with van der Waals surface area (Å²) in [5.41, 5.74) is 2.31. The molecule has 1 atom stereocenters. The number of hydrogen-bond donors (Lipinski definition) is 2. The first-order chi connectivity index (χ1) is 12.0. The Morgan fingerprint density at radius 3 is 2.56 bits per heavy atom. The molecule has 2 rings (SSSR count). The van der Waals surface area contributed by atoms with Crippen LogP contribution in [0.4, 0.5) is 0 Å². The molecule has 132 valence electrons. The predicted molar refractivity (Wildman–Crippen MR) is 100 cm³/mol. The smallest absolute Gasteiger partial charge is 0.162 e. The maximum absolute atomic E-state index is 12.3. The van der Waals surface area contributed by atoms with Gasteiger partial charge in [0.15, 0.2) is 5.78 Å². The van der Waals surface area contributed by atoms with Crippen LogP contribution in [0, 0.1) is 0 Å². The lowest BCUT2D eigenvalue weighted by Crippen LogP contribution is -2.14. The zero-order chi connectivity index (χ0) is 18.2. The van der Waals surface area contributed by atoms with Gasteiger partial charge in [0.05, 0.1) is 19.8 Å². The first kappa shape index (κ1) is 19.2. The zero-order valence-corrected chi connectivity index (χ0v) is 14.7. The van der Waals surface area contributed by atoms with Gasteiger partial charge in [-0.1, -0.05) is 35.9 Å². The van der Waals surface area contributed by atoms with Gasteiger partial charge in [-0.25, -0.2) is 0 Å². The number of halogens is 1. The Morgan fingerprint density at radius 1 is 1.20 bits per heavy atom. The molecule has 2 N–H and O–H groups in total. The third kappa shape index (κ3) is 5.71. The summed E-state index contributed by atoms with van der Waals surface area (Å²) >= 11 is 5.88.